The van der Waals surface area contributed by atoms with Crippen molar-refractivity contribution in [3.8, 4) is 11.5 Å². The van der Waals surface area contributed by atoms with E-state index in [4.69, 9.17) is 9.84 Å². The Bertz CT molecular complexity index is 524. The monoisotopic (exact) mass is 315 g/mol. The maximum atomic E-state index is 12.5. The number of carbonyl (C=O) groups is 1. The molecule has 0 radical (unpaired) electrons. The summed E-state index contributed by atoms with van der Waals surface area (Å²) in [6.07, 6.45) is 1.42. The lowest BCUT2D eigenvalue weighted by Gasteiger charge is -2.31. The molecule has 2 rings (SSSR count). The number of methoxy groups -OCH3 is 1. The number of hydrogen-bond acceptors (Lipinski definition) is 4. The van der Waals surface area contributed by atoms with Gasteiger partial charge in [0.2, 0.25) is 0 Å². The molecule has 1 aromatic rings. The van der Waals surface area contributed by atoms with E-state index in [9.17, 15) is 13.6 Å². The average molecular weight is 315 g/mol. The van der Waals surface area contributed by atoms with E-state index in [1.807, 2.05) is 4.90 Å². The molecule has 1 aliphatic rings. The van der Waals surface area contributed by atoms with Crippen LogP contribution >= 0.6 is 0 Å². The smallest absolute Gasteiger partial charge is 0.387 e. The topological polar surface area (TPSA) is 59.0 Å². The highest BCUT2D eigenvalue weighted by atomic mass is 19.3. The summed E-state index contributed by atoms with van der Waals surface area (Å²) in [5.74, 6) is -0.733. The number of carboxylic acids is 1. The Hall–Kier alpha value is -1.89. The second-order valence-corrected chi connectivity index (χ2v) is 5.26. The molecule has 1 atom stereocenters. The van der Waals surface area contributed by atoms with Crippen LogP contribution in [-0.2, 0) is 11.3 Å². The van der Waals surface area contributed by atoms with Gasteiger partial charge >= 0.3 is 12.6 Å². The second-order valence-electron chi connectivity index (χ2n) is 5.26. The maximum absolute atomic E-state index is 12.5. The SMILES string of the molecule is COc1ccc(CN2CCCC(C(=O)O)C2)c(OC(F)F)c1. The molecule has 1 unspecified atom stereocenters. The van der Waals surface area contributed by atoms with Crippen LogP contribution in [0.2, 0.25) is 0 Å². The number of benzene rings is 1. The molecule has 0 aliphatic carbocycles. The zero-order valence-corrected chi connectivity index (χ0v) is 12.3. The number of hydrogen-bond donors (Lipinski definition) is 1. The van der Waals surface area contributed by atoms with Crippen LogP contribution in [0, 0.1) is 5.92 Å². The van der Waals surface area contributed by atoms with Gasteiger partial charge < -0.3 is 14.6 Å². The third-order valence-electron chi connectivity index (χ3n) is 3.74. The van der Waals surface area contributed by atoms with Crippen LogP contribution in [0.25, 0.3) is 0 Å². The number of nitrogens with zero attached hydrogens (tertiary/aromatic N) is 1. The summed E-state index contributed by atoms with van der Waals surface area (Å²) >= 11 is 0. The van der Waals surface area contributed by atoms with E-state index in [1.54, 1.807) is 12.1 Å². The first-order valence-corrected chi connectivity index (χ1v) is 7.06. The molecule has 1 fully saturated rings. The molecule has 1 aromatic carbocycles. The number of rotatable bonds is 6. The predicted molar refractivity (Wildman–Crippen MR) is 75.3 cm³/mol. The zero-order valence-electron chi connectivity index (χ0n) is 12.3. The highest BCUT2D eigenvalue weighted by molar-refractivity contribution is 5.70. The van der Waals surface area contributed by atoms with Crippen molar-refractivity contribution in [2.75, 3.05) is 20.2 Å². The van der Waals surface area contributed by atoms with Gasteiger partial charge in [0.1, 0.15) is 11.5 Å². The number of carboxylic acid groups (broad SMARTS) is 1. The Morgan fingerprint density at radius 3 is 2.91 bits per heavy atom. The molecule has 0 bridgehead atoms. The molecular weight excluding hydrogens is 296 g/mol. The third-order valence-corrected chi connectivity index (χ3v) is 3.74. The molecule has 0 aromatic heterocycles. The van der Waals surface area contributed by atoms with E-state index in [0.717, 1.165) is 13.0 Å². The maximum Gasteiger partial charge on any atom is 0.387 e. The summed E-state index contributed by atoms with van der Waals surface area (Å²) in [5.41, 5.74) is 0.590. The molecule has 0 amide bonds. The Kier molecular flexibility index (Phi) is 5.54. The van der Waals surface area contributed by atoms with Crippen molar-refractivity contribution in [3.63, 3.8) is 0 Å². The van der Waals surface area contributed by atoms with Crippen LogP contribution in [-0.4, -0.2) is 42.8 Å². The van der Waals surface area contributed by atoms with E-state index in [2.05, 4.69) is 4.74 Å². The fraction of sp³-hybridized carbons (Fsp3) is 0.533. The van der Waals surface area contributed by atoms with Crippen LogP contribution in [0.4, 0.5) is 8.78 Å². The molecule has 5 nitrogen and oxygen atoms in total. The Morgan fingerprint density at radius 2 is 2.27 bits per heavy atom. The quantitative estimate of drug-likeness (QED) is 0.874. The molecule has 1 aliphatic heterocycles. The van der Waals surface area contributed by atoms with Crippen molar-refractivity contribution < 1.29 is 28.2 Å². The Balaban J connectivity index is 2.12. The standard InChI is InChI=1S/C15H19F2NO4/c1-21-12-5-4-10(13(7-12)22-15(16)17)8-18-6-2-3-11(9-18)14(19)20/h4-5,7,11,15H,2-3,6,8-9H2,1H3,(H,19,20). The molecule has 1 saturated heterocycles. The normalized spacial score (nSPS) is 19.2. The number of likely N-dealkylation sites (tertiary alicyclic amines) is 1. The van der Waals surface area contributed by atoms with Crippen LogP contribution in [0.3, 0.4) is 0 Å². The van der Waals surface area contributed by atoms with Crippen molar-refractivity contribution >= 4 is 5.97 Å². The molecule has 22 heavy (non-hydrogen) atoms. The molecule has 7 heteroatoms. The van der Waals surface area contributed by atoms with Gasteiger partial charge in [-0.25, -0.2) is 0 Å². The van der Waals surface area contributed by atoms with Gasteiger partial charge in [0.15, 0.2) is 0 Å². The van der Waals surface area contributed by atoms with Crippen molar-refractivity contribution in [2.45, 2.75) is 26.0 Å². The summed E-state index contributed by atoms with van der Waals surface area (Å²) in [7, 11) is 1.45. The number of halogens is 2. The van der Waals surface area contributed by atoms with Crippen molar-refractivity contribution in [2.24, 2.45) is 5.92 Å². The summed E-state index contributed by atoms with van der Waals surface area (Å²) in [6, 6.07) is 4.76. The fourth-order valence-corrected chi connectivity index (χ4v) is 2.64. The third kappa shape index (κ3) is 4.30. The minimum absolute atomic E-state index is 0.0619. The van der Waals surface area contributed by atoms with Crippen molar-refractivity contribution in [3.05, 3.63) is 23.8 Å². The largest absolute Gasteiger partial charge is 0.497 e. The Labute approximate surface area is 127 Å². The van der Waals surface area contributed by atoms with Crippen LogP contribution in [0.1, 0.15) is 18.4 Å². The number of aliphatic carboxylic acids is 1. The molecule has 1 heterocycles. The predicted octanol–water partition coefficient (Wildman–Crippen LogP) is 2.59. The van der Waals surface area contributed by atoms with Gasteiger partial charge in [-0.3, -0.25) is 9.69 Å². The number of alkyl halides is 2. The van der Waals surface area contributed by atoms with E-state index >= 15 is 0 Å². The second kappa shape index (κ2) is 7.40. The van der Waals surface area contributed by atoms with Gasteiger partial charge in [0, 0.05) is 24.7 Å². The summed E-state index contributed by atoms with van der Waals surface area (Å²) in [4.78, 5) is 13.0. The molecule has 0 spiro atoms. The first-order valence-electron chi connectivity index (χ1n) is 7.06. The minimum Gasteiger partial charge on any atom is -0.497 e. The highest BCUT2D eigenvalue weighted by Gasteiger charge is 2.26. The van der Waals surface area contributed by atoms with Gasteiger partial charge in [0.25, 0.3) is 0 Å². The molecule has 122 valence electrons. The average Bonchev–Trinajstić information content (AvgIpc) is 2.48. The van der Waals surface area contributed by atoms with Crippen molar-refractivity contribution in [1.29, 1.82) is 0 Å². The van der Waals surface area contributed by atoms with Crippen LogP contribution in [0.5, 0.6) is 11.5 Å². The summed E-state index contributed by atoms with van der Waals surface area (Å²) in [6.45, 7) is -1.39. The summed E-state index contributed by atoms with van der Waals surface area (Å²) < 4.78 is 34.6. The highest BCUT2D eigenvalue weighted by Crippen LogP contribution is 2.29. The van der Waals surface area contributed by atoms with Gasteiger partial charge in [0.05, 0.1) is 13.0 Å². The van der Waals surface area contributed by atoms with Crippen molar-refractivity contribution in [1.82, 2.24) is 4.90 Å². The molecule has 0 saturated carbocycles. The lowest BCUT2D eigenvalue weighted by atomic mass is 9.98. The molecular formula is C15H19F2NO4. The fourth-order valence-electron chi connectivity index (χ4n) is 2.64. The zero-order chi connectivity index (χ0) is 16.1. The van der Waals surface area contributed by atoms with E-state index in [-0.39, 0.29) is 5.75 Å². The van der Waals surface area contributed by atoms with E-state index in [1.165, 1.54) is 13.2 Å². The first kappa shape index (κ1) is 16.5. The minimum atomic E-state index is -2.92. The number of piperidine rings is 1. The van der Waals surface area contributed by atoms with Crippen LogP contribution < -0.4 is 9.47 Å². The Morgan fingerprint density at radius 1 is 1.50 bits per heavy atom. The summed E-state index contributed by atoms with van der Waals surface area (Å²) in [5, 5.41) is 9.10. The number of ether oxygens (including phenoxy) is 2. The van der Waals surface area contributed by atoms with Gasteiger partial charge in [-0.1, -0.05) is 6.07 Å². The first-order chi connectivity index (χ1) is 10.5. The molecule has 1 N–H and O–H groups in total. The van der Waals surface area contributed by atoms with Gasteiger partial charge in [-0.15, -0.1) is 0 Å². The van der Waals surface area contributed by atoms with E-state index < -0.39 is 18.5 Å². The lowest BCUT2D eigenvalue weighted by molar-refractivity contribution is -0.143. The van der Waals surface area contributed by atoms with E-state index in [0.29, 0.717) is 30.8 Å². The lowest BCUT2D eigenvalue weighted by Crippen LogP contribution is -2.38. The van der Waals surface area contributed by atoms with Gasteiger partial charge in [-0.2, -0.15) is 8.78 Å². The van der Waals surface area contributed by atoms with Gasteiger partial charge in [-0.05, 0) is 25.5 Å². The van der Waals surface area contributed by atoms with Crippen LogP contribution in [0.15, 0.2) is 18.2 Å².